The first-order valence-electron chi connectivity index (χ1n) is 8.97. The zero-order valence-corrected chi connectivity index (χ0v) is 16.5. The summed E-state index contributed by atoms with van der Waals surface area (Å²) in [4.78, 5) is 15.9. The molecule has 1 amide bonds. The normalized spacial score (nSPS) is 18.0. The van der Waals surface area contributed by atoms with Gasteiger partial charge in [0.2, 0.25) is 18.6 Å². The summed E-state index contributed by atoms with van der Waals surface area (Å²) in [6.07, 6.45) is 2.06. The van der Waals surface area contributed by atoms with Crippen molar-refractivity contribution in [3.05, 3.63) is 40.6 Å². The lowest BCUT2D eigenvalue weighted by Gasteiger charge is -2.23. The summed E-state index contributed by atoms with van der Waals surface area (Å²) in [6, 6.07) is 9.80. The van der Waals surface area contributed by atoms with E-state index in [0.29, 0.717) is 22.6 Å². The molecule has 4 heterocycles. The van der Waals surface area contributed by atoms with Crippen LogP contribution < -0.4 is 9.47 Å². The lowest BCUT2D eigenvalue weighted by atomic mass is 10.2. The van der Waals surface area contributed by atoms with Gasteiger partial charge in [0.15, 0.2) is 11.5 Å². The van der Waals surface area contributed by atoms with E-state index in [9.17, 15) is 4.79 Å². The molecule has 2 aliphatic rings. The highest BCUT2D eigenvalue weighted by molar-refractivity contribution is 7.99. The second kappa shape index (κ2) is 7.48. The van der Waals surface area contributed by atoms with Gasteiger partial charge in [-0.05, 0) is 42.5 Å². The number of carbonyl (C=O) groups is 1. The van der Waals surface area contributed by atoms with E-state index < -0.39 is 0 Å². The molecule has 1 saturated heterocycles. The van der Waals surface area contributed by atoms with E-state index in [2.05, 4.69) is 21.6 Å². The van der Waals surface area contributed by atoms with Crippen molar-refractivity contribution < 1.29 is 18.7 Å². The number of thioether (sulfide) groups is 1. The van der Waals surface area contributed by atoms with Crippen LogP contribution in [0.2, 0.25) is 0 Å². The van der Waals surface area contributed by atoms with Crippen molar-refractivity contribution in [1.82, 2.24) is 15.1 Å². The first kappa shape index (κ1) is 17.6. The largest absolute Gasteiger partial charge is 0.454 e. The van der Waals surface area contributed by atoms with Crippen LogP contribution in [0, 0.1) is 0 Å². The Balaban J connectivity index is 1.23. The molecule has 0 saturated carbocycles. The fraction of sp³-hybridized carbons (Fsp3) is 0.316. The topological polar surface area (TPSA) is 77.7 Å². The molecule has 0 bridgehead atoms. The number of carbonyl (C=O) groups excluding carboxylic acids is 1. The van der Waals surface area contributed by atoms with Crippen LogP contribution in [-0.2, 0) is 4.79 Å². The van der Waals surface area contributed by atoms with Crippen molar-refractivity contribution in [2.24, 2.45) is 0 Å². The molecule has 0 spiro atoms. The van der Waals surface area contributed by atoms with E-state index in [1.807, 2.05) is 29.2 Å². The Hall–Kier alpha value is -2.52. The quantitative estimate of drug-likeness (QED) is 0.583. The van der Waals surface area contributed by atoms with Crippen LogP contribution in [0.1, 0.15) is 23.8 Å². The Morgan fingerprint density at radius 3 is 3.07 bits per heavy atom. The number of ether oxygens (including phenoxy) is 2. The minimum atomic E-state index is 0.101. The molecule has 1 unspecified atom stereocenters. The number of likely N-dealkylation sites (tertiary alicyclic amines) is 1. The van der Waals surface area contributed by atoms with Gasteiger partial charge in [-0.15, -0.1) is 21.5 Å². The first-order valence-corrected chi connectivity index (χ1v) is 10.8. The SMILES string of the molecule is O=C(CSc1nnc(-c2ccc3c(c2)OCO3)o1)N1CCCC1c1cccs1. The van der Waals surface area contributed by atoms with E-state index in [-0.39, 0.29) is 24.5 Å². The molecule has 1 aromatic carbocycles. The minimum Gasteiger partial charge on any atom is -0.454 e. The van der Waals surface area contributed by atoms with Gasteiger partial charge >= 0.3 is 0 Å². The minimum absolute atomic E-state index is 0.101. The van der Waals surface area contributed by atoms with Crippen LogP contribution in [0.5, 0.6) is 11.5 Å². The fourth-order valence-corrected chi connectivity index (χ4v) is 4.99. The van der Waals surface area contributed by atoms with Gasteiger partial charge in [-0.2, -0.15) is 0 Å². The molecule has 0 N–H and O–H groups in total. The van der Waals surface area contributed by atoms with Crippen molar-refractivity contribution in [1.29, 1.82) is 0 Å². The Morgan fingerprint density at radius 1 is 1.25 bits per heavy atom. The van der Waals surface area contributed by atoms with Crippen LogP contribution in [0.3, 0.4) is 0 Å². The van der Waals surface area contributed by atoms with Crippen molar-refractivity contribution in [2.75, 3.05) is 19.1 Å². The van der Waals surface area contributed by atoms with Gasteiger partial charge in [0.1, 0.15) is 0 Å². The van der Waals surface area contributed by atoms with E-state index in [1.165, 1.54) is 16.6 Å². The summed E-state index contributed by atoms with van der Waals surface area (Å²) >= 11 is 2.98. The van der Waals surface area contributed by atoms with Gasteiger partial charge in [0, 0.05) is 17.0 Å². The Kier molecular flexibility index (Phi) is 4.69. The summed E-state index contributed by atoms with van der Waals surface area (Å²) in [7, 11) is 0. The molecule has 1 fully saturated rings. The molecular formula is C19H17N3O4S2. The van der Waals surface area contributed by atoms with E-state index in [0.717, 1.165) is 24.9 Å². The Labute approximate surface area is 169 Å². The van der Waals surface area contributed by atoms with Crippen LogP contribution >= 0.6 is 23.1 Å². The molecule has 0 aliphatic carbocycles. The van der Waals surface area contributed by atoms with Gasteiger partial charge in [0.05, 0.1) is 11.8 Å². The maximum absolute atomic E-state index is 12.7. The zero-order chi connectivity index (χ0) is 18.9. The summed E-state index contributed by atoms with van der Waals surface area (Å²) in [5.41, 5.74) is 0.757. The van der Waals surface area contributed by atoms with Crippen molar-refractivity contribution in [3.63, 3.8) is 0 Å². The summed E-state index contributed by atoms with van der Waals surface area (Å²) < 4.78 is 16.4. The molecule has 2 aromatic heterocycles. The van der Waals surface area contributed by atoms with Gasteiger partial charge in [-0.1, -0.05) is 17.8 Å². The van der Waals surface area contributed by atoms with Crippen LogP contribution in [-0.4, -0.2) is 40.1 Å². The molecule has 7 nitrogen and oxygen atoms in total. The number of hydrogen-bond acceptors (Lipinski definition) is 8. The number of hydrogen-bond donors (Lipinski definition) is 0. The highest BCUT2D eigenvalue weighted by Crippen LogP contribution is 2.37. The van der Waals surface area contributed by atoms with Gasteiger partial charge in [-0.3, -0.25) is 4.79 Å². The zero-order valence-electron chi connectivity index (χ0n) is 14.9. The third kappa shape index (κ3) is 3.35. The highest BCUT2D eigenvalue weighted by atomic mass is 32.2. The van der Waals surface area contributed by atoms with Crippen molar-refractivity contribution in [2.45, 2.75) is 24.1 Å². The third-order valence-corrected chi connectivity index (χ3v) is 6.57. The average Bonchev–Trinajstić information content (AvgIpc) is 3.51. The number of amides is 1. The van der Waals surface area contributed by atoms with Crippen molar-refractivity contribution in [3.8, 4) is 23.0 Å². The fourth-order valence-electron chi connectivity index (χ4n) is 3.46. The monoisotopic (exact) mass is 415 g/mol. The average molecular weight is 415 g/mol. The van der Waals surface area contributed by atoms with E-state index in [1.54, 1.807) is 11.3 Å². The summed E-state index contributed by atoms with van der Waals surface area (Å²) in [5.74, 6) is 2.14. The van der Waals surface area contributed by atoms with Crippen LogP contribution in [0.25, 0.3) is 11.5 Å². The number of nitrogens with zero attached hydrogens (tertiary/aromatic N) is 3. The van der Waals surface area contributed by atoms with Gasteiger partial charge in [-0.25, -0.2) is 0 Å². The molecule has 3 aromatic rings. The molecule has 1 atom stereocenters. The predicted octanol–water partition coefficient (Wildman–Crippen LogP) is 3.98. The van der Waals surface area contributed by atoms with E-state index >= 15 is 0 Å². The number of rotatable bonds is 5. The predicted molar refractivity (Wildman–Crippen MR) is 105 cm³/mol. The molecule has 144 valence electrons. The van der Waals surface area contributed by atoms with Crippen LogP contribution in [0.15, 0.2) is 45.4 Å². The standard InChI is InChI=1S/C19H17N3O4S2/c23-17(22-7-1-3-13(22)16-4-2-8-27-16)10-28-19-21-20-18(26-19)12-5-6-14-15(9-12)25-11-24-14/h2,4-6,8-9,13H,1,3,7,10-11H2. The Morgan fingerprint density at radius 2 is 2.18 bits per heavy atom. The summed E-state index contributed by atoms with van der Waals surface area (Å²) in [6.45, 7) is 1.02. The van der Waals surface area contributed by atoms with Gasteiger partial charge in [0.25, 0.3) is 5.22 Å². The molecule has 9 heteroatoms. The number of aromatic nitrogens is 2. The highest BCUT2D eigenvalue weighted by Gasteiger charge is 2.30. The lowest BCUT2D eigenvalue weighted by Crippen LogP contribution is -2.31. The smallest absolute Gasteiger partial charge is 0.277 e. The molecule has 5 rings (SSSR count). The van der Waals surface area contributed by atoms with Crippen molar-refractivity contribution >= 4 is 29.0 Å². The number of thiophene rings is 1. The molecule has 0 radical (unpaired) electrons. The summed E-state index contributed by atoms with van der Waals surface area (Å²) in [5, 5.41) is 10.6. The second-order valence-electron chi connectivity index (χ2n) is 6.49. The molecule has 28 heavy (non-hydrogen) atoms. The number of benzene rings is 1. The Bertz CT molecular complexity index is 989. The van der Waals surface area contributed by atoms with E-state index in [4.69, 9.17) is 13.9 Å². The molecule has 2 aliphatic heterocycles. The molecular weight excluding hydrogens is 398 g/mol. The van der Waals surface area contributed by atoms with Gasteiger partial charge < -0.3 is 18.8 Å². The second-order valence-corrected chi connectivity index (χ2v) is 8.40. The first-order chi connectivity index (χ1) is 13.8. The maximum Gasteiger partial charge on any atom is 0.277 e. The maximum atomic E-state index is 12.7. The lowest BCUT2D eigenvalue weighted by molar-refractivity contribution is -0.129. The number of fused-ring (bicyclic) bond motifs is 1. The van der Waals surface area contributed by atoms with Crippen LogP contribution in [0.4, 0.5) is 0 Å². The third-order valence-electron chi connectivity index (χ3n) is 4.79.